The quantitative estimate of drug-likeness (QED) is 0.529. The van der Waals surface area contributed by atoms with Crippen molar-refractivity contribution in [2.75, 3.05) is 25.5 Å². The van der Waals surface area contributed by atoms with E-state index in [4.69, 9.17) is 4.42 Å². The second-order valence-corrected chi connectivity index (χ2v) is 6.11. The largest absolute Gasteiger partial charge is 0.441 e. The van der Waals surface area contributed by atoms with E-state index in [0.29, 0.717) is 24.6 Å². The van der Waals surface area contributed by atoms with Crippen LogP contribution in [0.5, 0.6) is 0 Å². The van der Waals surface area contributed by atoms with Crippen molar-refractivity contribution in [3.05, 3.63) is 59.5 Å². The molecule has 132 valence electrons. The Morgan fingerprint density at radius 3 is 2.85 bits per heavy atom. The van der Waals surface area contributed by atoms with Gasteiger partial charge in [0, 0.05) is 49.9 Å². The number of nitrogens with zero attached hydrogens (tertiary/aromatic N) is 2. The fraction of sp³-hybridized carbons (Fsp3) is 0.200. The van der Waals surface area contributed by atoms with Gasteiger partial charge in [-0.05, 0) is 24.1 Å². The number of aromatic amines is 1. The van der Waals surface area contributed by atoms with Crippen molar-refractivity contribution < 1.29 is 9.21 Å². The molecule has 0 aliphatic rings. The maximum absolute atomic E-state index is 12.2. The van der Waals surface area contributed by atoms with Gasteiger partial charge in [0.25, 0.3) is 5.91 Å². The Kier molecular flexibility index (Phi) is 5.09. The third kappa shape index (κ3) is 3.78. The van der Waals surface area contributed by atoms with Gasteiger partial charge >= 0.3 is 0 Å². The van der Waals surface area contributed by atoms with E-state index in [9.17, 15) is 10.1 Å². The highest BCUT2D eigenvalue weighted by Crippen LogP contribution is 2.19. The summed E-state index contributed by atoms with van der Waals surface area (Å²) in [5.41, 5.74) is 2.22. The molecule has 0 aliphatic carbocycles. The van der Waals surface area contributed by atoms with Crippen molar-refractivity contribution in [3.63, 3.8) is 0 Å². The Morgan fingerprint density at radius 1 is 1.31 bits per heavy atom. The lowest BCUT2D eigenvalue weighted by Gasteiger charge is -2.06. The number of benzene rings is 1. The molecule has 0 aliphatic heterocycles. The van der Waals surface area contributed by atoms with E-state index in [0.717, 1.165) is 16.5 Å². The maximum atomic E-state index is 12.2. The molecule has 0 saturated carbocycles. The van der Waals surface area contributed by atoms with E-state index in [1.165, 1.54) is 6.08 Å². The number of nitriles is 1. The number of hydrogen-bond donors (Lipinski definition) is 2. The molecule has 2 heterocycles. The molecular formula is C20H20N4O2. The van der Waals surface area contributed by atoms with Crippen molar-refractivity contribution in [1.29, 1.82) is 5.26 Å². The van der Waals surface area contributed by atoms with Gasteiger partial charge in [-0.1, -0.05) is 18.2 Å². The molecule has 0 radical (unpaired) electrons. The predicted octanol–water partition coefficient (Wildman–Crippen LogP) is 3.09. The van der Waals surface area contributed by atoms with Crippen LogP contribution in [0.1, 0.15) is 11.3 Å². The van der Waals surface area contributed by atoms with Gasteiger partial charge < -0.3 is 19.6 Å². The highest BCUT2D eigenvalue weighted by molar-refractivity contribution is 6.01. The first kappa shape index (κ1) is 17.4. The molecule has 2 N–H and O–H groups in total. The molecule has 0 fully saturated rings. The SMILES string of the molecule is CN(C)c1ccc(/C=C(/C#N)C(=O)NCCc2c[nH]c3ccccc23)o1. The highest BCUT2D eigenvalue weighted by Gasteiger charge is 2.11. The molecule has 6 heteroatoms. The summed E-state index contributed by atoms with van der Waals surface area (Å²) in [6.45, 7) is 0.445. The topological polar surface area (TPSA) is 85.1 Å². The standard InChI is InChI=1S/C20H20N4O2/c1-24(2)19-8-7-16(26-19)11-15(12-21)20(25)22-10-9-14-13-23-18-6-4-3-5-17(14)18/h3-8,11,13,23H,9-10H2,1-2H3,(H,22,25)/b15-11-. The molecule has 3 aromatic rings. The molecule has 0 bridgehead atoms. The van der Waals surface area contributed by atoms with Gasteiger partial charge in [-0.2, -0.15) is 5.26 Å². The van der Waals surface area contributed by atoms with Crippen molar-refractivity contribution >= 4 is 28.8 Å². The molecule has 6 nitrogen and oxygen atoms in total. The third-order valence-corrected chi connectivity index (χ3v) is 4.06. The fourth-order valence-corrected chi connectivity index (χ4v) is 2.70. The van der Waals surface area contributed by atoms with Crippen LogP contribution in [-0.2, 0) is 11.2 Å². The van der Waals surface area contributed by atoms with Gasteiger partial charge in [0.05, 0.1) is 0 Å². The van der Waals surface area contributed by atoms with Crippen LogP contribution in [0.2, 0.25) is 0 Å². The Labute approximate surface area is 151 Å². The molecule has 0 spiro atoms. The molecule has 2 aromatic heterocycles. The van der Waals surface area contributed by atoms with Crippen LogP contribution in [0.25, 0.3) is 17.0 Å². The monoisotopic (exact) mass is 348 g/mol. The minimum absolute atomic E-state index is 0.0172. The normalized spacial score (nSPS) is 11.3. The molecular weight excluding hydrogens is 328 g/mol. The highest BCUT2D eigenvalue weighted by atomic mass is 16.4. The number of carbonyl (C=O) groups excluding carboxylic acids is 1. The Bertz CT molecular complexity index is 989. The number of nitrogens with one attached hydrogen (secondary N) is 2. The molecule has 1 amide bonds. The summed E-state index contributed by atoms with van der Waals surface area (Å²) in [7, 11) is 3.71. The van der Waals surface area contributed by atoms with Crippen LogP contribution in [0.15, 0.2) is 52.6 Å². The lowest BCUT2D eigenvalue weighted by molar-refractivity contribution is -0.117. The minimum atomic E-state index is -0.407. The van der Waals surface area contributed by atoms with E-state index < -0.39 is 5.91 Å². The molecule has 0 saturated heterocycles. The van der Waals surface area contributed by atoms with Crippen LogP contribution in [-0.4, -0.2) is 31.5 Å². The number of fused-ring (bicyclic) bond motifs is 1. The van der Waals surface area contributed by atoms with Crippen molar-refractivity contribution in [2.45, 2.75) is 6.42 Å². The number of amides is 1. The van der Waals surface area contributed by atoms with Crippen LogP contribution in [0.3, 0.4) is 0 Å². The molecule has 3 rings (SSSR count). The van der Waals surface area contributed by atoms with Crippen molar-refractivity contribution in [2.24, 2.45) is 0 Å². The first-order valence-corrected chi connectivity index (χ1v) is 8.30. The van der Waals surface area contributed by atoms with E-state index in [1.807, 2.05) is 55.5 Å². The van der Waals surface area contributed by atoms with Gasteiger partial charge in [-0.3, -0.25) is 4.79 Å². The summed E-state index contributed by atoms with van der Waals surface area (Å²) in [6.07, 6.45) is 4.08. The number of H-pyrrole nitrogens is 1. The van der Waals surface area contributed by atoms with Crippen molar-refractivity contribution in [3.8, 4) is 6.07 Å². The number of carbonyl (C=O) groups is 1. The van der Waals surface area contributed by atoms with Gasteiger partial charge in [-0.15, -0.1) is 0 Å². The van der Waals surface area contributed by atoms with Crippen LogP contribution < -0.4 is 10.2 Å². The number of anilines is 1. The summed E-state index contributed by atoms with van der Waals surface area (Å²) in [5.74, 6) is 0.723. The summed E-state index contributed by atoms with van der Waals surface area (Å²) in [5, 5.41) is 13.2. The number of hydrogen-bond acceptors (Lipinski definition) is 4. The molecule has 26 heavy (non-hydrogen) atoms. The Balaban J connectivity index is 1.62. The zero-order chi connectivity index (χ0) is 18.5. The number of aromatic nitrogens is 1. The average Bonchev–Trinajstić information content (AvgIpc) is 3.27. The lowest BCUT2D eigenvalue weighted by atomic mass is 10.1. The van der Waals surface area contributed by atoms with Gasteiger partial charge in [0.1, 0.15) is 17.4 Å². The van der Waals surface area contributed by atoms with Crippen LogP contribution in [0, 0.1) is 11.3 Å². The van der Waals surface area contributed by atoms with E-state index in [-0.39, 0.29) is 5.57 Å². The zero-order valence-electron chi connectivity index (χ0n) is 14.7. The van der Waals surface area contributed by atoms with Gasteiger partial charge in [0.2, 0.25) is 0 Å². The summed E-state index contributed by atoms with van der Waals surface area (Å²) < 4.78 is 5.55. The first-order chi connectivity index (χ1) is 12.6. The summed E-state index contributed by atoms with van der Waals surface area (Å²) in [4.78, 5) is 17.3. The van der Waals surface area contributed by atoms with Crippen molar-refractivity contribution in [1.82, 2.24) is 10.3 Å². The third-order valence-electron chi connectivity index (χ3n) is 4.06. The molecule has 0 atom stereocenters. The Morgan fingerprint density at radius 2 is 2.12 bits per heavy atom. The van der Waals surface area contributed by atoms with E-state index >= 15 is 0 Å². The van der Waals surface area contributed by atoms with E-state index in [1.54, 1.807) is 12.1 Å². The Hall–Kier alpha value is -3.46. The van der Waals surface area contributed by atoms with Gasteiger partial charge in [0.15, 0.2) is 5.88 Å². The smallest absolute Gasteiger partial charge is 0.262 e. The fourth-order valence-electron chi connectivity index (χ4n) is 2.70. The van der Waals surface area contributed by atoms with Gasteiger partial charge in [-0.25, -0.2) is 0 Å². The number of rotatable bonds is 6. The second-order valence-electron chi connectivity index (χ2n) is 6.11. The number of para-hydroxylation sites is 1. The average molecular weight is 348 g/mol. The predicted molar refractivity (Wildman–Crippen MR) is 102 cm³/mol. The summed E-state index contributed by atoms with van der Waals surface area (Å²) >= 11 is 0. The van der Waals surface area contributed by atoms with E-state index in [2.05, 4.69) is 10.3 Å². The first-order valence-electron chi connectivity index (χ1n) is 8.30. The lowest BCUT2D eigenvalue weighted by Crippen LogP contribution is -2.26. The summed E-state index contributed by atoms with van der Waals surface area (Å²) in [6, 6.07) is 13.5. The second kappa shape index (κ2) is 7.62. The van der Waals surface area contributed by atoms with Crippen LogP contribution >= 0.6 is 0 Å². The molecule has 1 aromatic carbocycles. The number of furan rings is 1. The zero-order valence-corrected chi connectivity index (χ0v) is 14.7. The molecule has 0 unspecified atom stereocenters. The van der Waals surface area contributed by atoms with Crippen LogP contribution in [0.4, 0.5) is 5.88 Å². The maximum Gasteiger partial charge on any atom is 0.262 e. The minimum Gasteiger partial charge on any atom is -0.441 e.